The van der Waals surface area contributed by atoms with Crippen LogP contribution in [0.15, 0.2) is 54.6 Å². The Kier molecular flexibility index (Phi) is 15.5. The van der Waals surface area contributed by atoms with Crippen LogP contribution in [-0.4, -0.2) is 6.61 Å². The van der Waals surface area contributed by atoms with Gasteiger partial charge in [0.05, 0.1) is 6.61 Å². The number of hydrogen-bond donors (Lipinski definition) is 0. The highest BCUT2D eigenvalue weighted by atomic mass is 19.2. The van der Waals surface area contributed by atoms with Gasteiger partial charge in [-0.2, -0.15) is 4.39 Å². The van der Waals surface area contributed by atoms with Crippen LogP contribution in [0.4, 0.5) is 17.6 Å². The first-order valence-corrected chi connectivity index (χ1v) is 20.3. The Morgan fingerprint density at radius 3 is 1.67 bits per heavy atom. The normalized spacial score (nSPS) is 19.3. The van der Waals surface area contributed by atoms with Crippen molar-refractivity contribution in [3.63, 3.8) is 0 Å². The maximum absolute atomic E-state index is 15.6. The molecule has 3 aromatic carbocycles. The van der Waals surface area contributed by atoms with Crippen LogP contribution in [0, 0.1) is 41.0 Å². The molecule has 1 atom stereocenters. The summed E-state index contributed by atoms with van der Waals surface area (Å²) in [7, 11) is 0. The first-order chi connectivity index (χ1) is 24.9. The molecule has 5 rings (SSSR count). The number of allylic oxidation sites excluding steroid dienone is 2. The van der Waals surface area contributed by atoms with Gasteiger partial charge in [0, 0.05) is 16.7 Å². The van der Waals surface area contributed by atoms with Crippen molar-refractivity contribution in [2.24, 2.45) is 17.8 Å². The van der Waals surface area contributed by atoms with Gasteiger partial charge in [-0.25, -0.2) is 13.2 Å². The summed E-state index contributed by atoms with van der Waals surface area (Å²) < 4.78 is 66.6. The highest BCUT2D eigenvalue weighted by Crippen LogP contribution is 2.43. The highest BCUT2D eigenvalue weighted by molar-refractivity contribution is 5.74. The minimum atomic E-state index is -1.01. The molecule has 0 bridgehead atoms. The van der Waals surface area contributed by atoms with Crippen LogP contribution in [0.2, 0.25) is 0 Å². The molecule has 0 N–H and O–H groups in total. The van der Waals surface area contributed by atoms with Crippen LogP contribution in [0.3, 0.4) is 0 Å². The Morgan fingerprint density at radius 1 is 0.529 bits per heavy atom. The van der Waals surface area contributed by atoms with Gasteiger partial charge >= 0.3 is 0 Å². The summed E-state index contributed by atoms with van der Waals surface area (Å²) in [6, 6.07) is 12.8. The van der Waals surface area contributed by atoms with E-state index in [1.54, 1.807) is 36.4 Å². The van der Waals surface area contributed by atoms with Gasteiger partial charge in [0.2, 0.25) is 5.82 Å². The zero-order valence-corrected chi connectivity index (χ0v) is 31.2. The van der Waals surface area contributed by atoms with Crippen molar-refractivity contribution in [3.05, 3.63) is 83.4 Å². The monoisotopic (exact) mass is 704 g/mol. The quantitative estimate of drug-likeness (QED) is 0.0892. The third-order valence-corrected chi connectivity index (χ3v) is 11.7. The van der Waals surface area contributed by atoms with Crippen molar-refractivity contribution in [2.75, 3.05) is 6.61 Å². The van der Waals surface area contributed by atoms with Crippen LogP contribution in [-0.2, 0) is 0 Å². The van der Waals surface area contributed by atoms with Gasteiger partial charge < -0.3 is 4.74 Å². The van der Waals surface area contributed by atoms with Crippen molar-refractivity contribution in [1.29, 1.82) is 0 Å². The summed E-state index contributed by atoms with van der Waals surface area (Å²) in [5.74, 6) is -1.50. The second-order valence-corrected chi connectivity index (χ2v) is 15.3. The number of halogens is 4. The lowest BCUT2D eigenvalue weighted by atomic mass is 9.70. The average Bonchev–Trinajstić information content (AvgIpc) is 3.16. The topological polar surface area (TPSA) is 9.23 Å². The van der Waals surface area contributed by atoms with E-state index in [9.17, 15) is 4.39 Å². The molecule has 0 spiro atoms. The number of unbranched alkanes of at least 4 members (excludes halogenated alkanes) is 10. The third kappa shape index (κ3) is 10.7. The predicted molar refractivity (Wildman–Crippen MR) is 205 cm³/mol. The van der Waals surface area contributed by atoms with Crippen molar-refractivity contribution in [3.8, 4) is 28.0 Å². The molecule has 0 aliphatic heterocycles. The molecule has 0 radical (unpaired) electrons. The summed E-state index contributed by atoms with van der Waals surface area (Å²) in [6.45, 7) is 4.80. The van der Waals surface area contributed by atoms with E-state index in [1.165, 1.54) is 102 Å². The van der Waals surface area contributed by atoms with Crippen LogP contribution in [0.25, 0.3) is 27.8 Å². The van der Waals surface area contributed by atoms with Gasteiger partial charge in [0.25, 0.3) is 0 Å². The fraction of sp³-hybridized carbons (Fsp3) is 0.565. The second-order valence-electron chi connectivity index (χ2n) is 15.3. The lowest BCUT2D eigenvalue weighted by molar-refractivity contribution is 0.187. The maximum Gasteiger partial charge on any atom is 0.201 e. The first kappa shape index (κ1) is 39.1. The number of hydrogen-bond acceptors (Lipinski definition) is 1. The van der Waals surface area contributed by atoms with E-state index in [0.29, 0.717) is 29.2 Å². The Balaban J connectivity index is 1.14. The van der Waals surface area contributed by atoms with Crippen LogP contribution in [0.5, 0.6) is 5.75 Å². The molecule has 0 amide bonds. The van der Waals surface area contributed by atoms with E-state index in [4.69, 9.17) is 4.74 Å². The smallest absolute Gasteiger partial charge is 0.201 e. The van der Waals surface area contributed by atoms with Crippen molar-refractivity contribution < 1.29 is 22.3 Å². The molecule has 2 aliphatic carbocycles. The standard InChI is InChI=1S/C46H60F4O/c1-3-5-7-9-10-12-14-32-51-42-31-30-41(45(49)46(42)50)38-26-24-37(25-27-38)40-29-28-39(43(47)44(40)48)36-22-20-35(21-23-36)34-18-16-33(17-19-34)15-13-11-8-6-4-2/h22,24-31,33-35H,3-21,23,32H2,1-2H3. The predicted octanol–water partition coefficient (Wildman–Crippen LogP) is 15.1. The highest BCUT2D eigenvalue weighted by Gasteiger charge is 2.29. The molecule has 1 unspecified atom stereocenters. The lowest BCUT2D eigenvalue weighted by Gasteiger charge is -2.35. The maximum atomic E-state index is 15.6. The molecule has 0 aromatic heterocycles. The SMILES string of the molecule is CCCCCCCCCOc1ccc(-c2ccc(-c3ccc(C4=CCC(C5CCC(CCCCCCC)CC5)CC4)c(F)c3F)cc2)c(F)c1F. The molecule has 0 saturated heterocycles. The zero-order chi connectivity index (χ0) is 36.0. The van der Waals surface area contributed by atoms with Gasteiger partial charge in [0.1, 0.15) is 0 Å². The molecular weight excluding hydrogens is 644 g/mol. The second kappa shape index (κ2) is 20.2. The Morgan fingerprint density at radius 2 is 1.06 bits per heavy atom. The van der Waals surface area contributed by atoms with Gasteiger partial charge in [-0.15, -0.1) is 0 Å². The molecule has 3 aromatic rings. The molecule has 1 fully saturated rings. The fourth-order valence-electron chi connectivity index (χ4n) is 8.47. The van der Waals surface area contributed by atoms with Crippen molar-refractivity contribution in [2.45, 2.75) is 142 Å². The fourth-order valence-corrected chi connectivity index (χ4v) is 8.47. The van der Waals surface area contributed by atoms with Crippen LogP contribution < -0.4 is 4.74 Å². The molecule has 51 heavy (non-hydrogen) atoms. The third-order valence-electron chi connectivity index (χ3n) is 11.7. The molecule has 5 heteroatoms. The molecule has 2 aliphatic rings. The molecule has 1 nitrogen and oxygen atoms in total. The summed E-state index contributed by atoms with van der Waals surface area (Å²) in [5, 5.41) is 0. The molecule has 0 heterocycles. The van der Waals surface area contributed by atoms with E-state index in [2.05, 4.69) is 19.9 Å². The van der Waals surface area contributed by atoms with E-state index in [0.717, 1.165) is 55.9 Å². The minimum absolute atomic E-state index is 0.0916. The van der Waals surface area contributed by atoms with Crippen molar-refractivity contribution >= 4 is 5.57 Å². The summed E-state index contributed by atoms with van der Waals surface area (Å²) >= 11 is 0. The Labute approximate surface area is 305 Å². The molecule has 278 valence electrons. The van der Waals surface area contributed by atoms with Crippen LogP contribution in [0.1, 0.15) is 148 Å². The van der Waals surface area contributed by atoms with Crippen LogP contribution >= 0.6 is 0 Å². The summed E-state index contributed by atoms with van der Waals surface area (Å²) in [4.78, 5) is 0. The Bertz CT molecular complexity index is 1540. The number of rotatable bonds is 19. The first-order valence-electron chi connectivity index (χ1n) is 20.3. The average molecular weight is 705 g/mol. The minimum Gasteiger partial charge on any atom is -0.490 e. The summed E-state index contributed by atoms with van der Waals surface area (Å²) in [6.07, 6.45) is 26.2. The number of ether oxygens (including phenoxy) is 1. The Hall–Kier alpha value is -3.08. The molecular formula is C46H60F4O. The van der Waals surface area contributed by atoms with Gasteiger partial charge in [-0.3, -0.25) is 0 Å². The largest absolute Gasteiger partial charge is 0.490 e. The van der Waals surface area contributed by atoms with E-state index >= 15 is 13.2 Å². The van der Waals surface area contributed by atoms with Gasteiger partial charge in [-0.1, -0.05) is 146 Å². The lowest BCUT2D eigenvalue weighted by Crippen LogP contribution is -2.23. The van der Waals surface area contributed by atoms with Gasteiger partial charge in [-0.05, 0) is 85.1 Å². The summed E-state index contributed by atoms with van der Waals surface area (Å²) in [5.41, 5.74) is 2.43. The van der Waals surface area contributed by atoms with Gasteiger partial charge in [0.15, 0.2) is 23.2 Å². The van der Waals surface area contributed by atoms with E-state index in [-0.39, 0.29) is 16.9 Å². The zero-order valence-electron chi connectivity index (χ0n) is 31.2. The van der Waals surface area contributed by atoms with E-state index < -0.39 is 23.3 Å². The van der Waals surface area contributed by atoms with Crippen molar-refractivity contribution in [1.82, 2.24) is 0 Å². The van der Waals surface area contributed by atoms with E-state index in [1.807, 2.05) is 0 Å². The molecule has 1 saturated carbocycles. The number of benzene rings is 3.